The lowest BCUT2D eigenvalue weighted by Crippen LogP contribution is -2.61. The second-order valence-corrected chi connectivity index (χ2v) is 9.64. The smallest absolute Gasteiger partial charge is 0.317 e. The Morgan fingerprint density at radius 3 is 2.72 bits per heavy atom. The van der Waals surface area contributed by atoms with Gasteiger partial charge in [0, 0.05) is 61.7 Å². The summed E-state index contributed by atoms with van der Waals surface area (Å²) in [4.78, 5) is 41.2. The molecular formula is C22H29ClFN5O3. The van der Waals surface area contributed by atoms with E-state index in [9.17, 15) is 18.8 Å². The highest BCUT2D eigenvalue weighted by Crippen LogP contribution is 2.40. The molecule has 1 aliphatic carbocycles. The molecule has 2 heterocycles. The molecule has 3 N–H and O–H groups in total. The molecule has 0 radical (unpaired) electrons. The minimum atomic E-state index is -0.473. The van der Waals surface area contributed by atoms with Crippen LogP contribution in [0.4, 0.5) is 14.0 Å². The van der Waals surface area contributed by atoms with Crippen molar-refractivity contribution in [3.8, 4) is 0 Å². The molecule has 1 unspecified atom stereocenters. The van der Waals surface area contributed by atoms with E-state index in [1.807, 2.05) is 4.90 Å². The fourth-order valence-electron chi connectivity index (χ4n) is 4.95. The minimum absolute atomic E-state index is 0.0236. The summed E-state index contributed by atoms with van der Waals surface area (Å²) in [5.74, 6) is -0.512. The molecule has 32 heavy (non-hydrogen) atoms. The lowest BCUT2D eigenvalue weighted by Gasteiger charge is -2.47. The predicted octanol–water partition coefficient (Wildman–Crippen LogP) is 2.38. The molecule has 1 spiro atoms. The first-order valence-electron chi connectivity index (χ1n) is 11.0. The Bertz CT molecular complexity index is 940. The molecule has 5 amide bonds. The molecule has 0 bridgehead atoms. The molecule has 1 saturated carbocycles. The summed E-state index contributed by atoms with van der Waals surface area (Å²) in [7, 11) is 1.60. The van der Waals surface area contributed by atoms with Crippen LogP contribution in [0.5, 0.6) is 0 Å². The Morgan fingerprint density at radius 2 is 2.09 bits per heavy atom. The van der Waals surface area contributed by atoms with Crippen molar-refractivity contribution < 1.29 is 18.8 Å². The van der Waals surface area contributed by atoms with E-state index < -0.39 is 11.2 Å². The zero-order chi connectivity index (χ0) is 23.0. The van der Waals surface area contributed by atoms with Gasteiger partial charge in [-0.3, -0.25) is 4.79 Å². The van der Waals surface area contributed by atoms with E-state index in [1.165, 1.54) is 6.07 Å². The van der Waals surface area contributed by atoms with Crippen LogP contribution in [0, 0.1) is 18.2 Å². The van der Waals surface area contributed by atoms with Crippen molar-refractivity contribution in [2.45, 2.75) is 51.2 Å². The van der Waals surface area contributed by atoms with Crippen molar-refractivity contribution in [1.82, 2.24) is 25.8 Å². The van der Waals surface area contributed by atoms with Crippen molar-refractivity contribution in [3.05, 3.63) is 34.1 Å². The van der Waals surface area contributed by atoms with Gasteiger partial charge in [0.25, 0.3) is 0 Å². The summed E-state index contributed by atoms with van der Waals surface area (Å²) in [6.07, 6.45) is 2.86. The molecule has 4 rings (SSSR count). The average molecular weight is 466 g/mol. The molecule has 0 aromatic heterocycles. The third-order valence-corrected chi connectivity index (χ3v) is 7.06. The van der Waals surface area contributed by atoms with Crippen molar-refractivity contribution in [1.29, 1.82) is 0 Å². The lowest BCUT2D eigenvalue weighted by molar-refractivity contribution is -0.120. The lowest BCUT2D eigenvalue weighted by atomic mass is 9.76. The second-order valence-electron chi connectivity index (χ2n) is 9.24. The van der Waals surface area contributed by atoms with E-state index in [4.69, 9.17) is 11.6 Å². The zero-order valence-corrected chi connectivity index (χ0v) is 19.1. The topological polar surface area (TPSA) is 93.8 Å². The fourth-order valence-corrected chi connectivity index (χ4v) is 5.10. The number of rotatable bonds is 4. The number of hydrogen-bond acceptors (Lipinski definition) is 3. The van der Waals surface area contributed by atoms with Gasteiger partial charge in [-0.2, -0.15) is 0 Å². The van der Waals surface area contributed by atoms with Crippen LogP contribution in [0.1, 0.15) is 36.8 Å². The van der Waals surface area contributed by atoms with E-state index in [-0.39, 0.29) is 36.6 Å². The number of urea groups is 2. The average Bonchev–Trinajstić information content (AvgIpc) is 3.52. The maximum absolute atomic E-state index is 14.3. The van der Waals surface area contributed by atoms with Crippen LogP contribution in [0.3, 0.4) is 0 Å². The van der Waals surface area contributed by atoms with Crippen LogP contribution in [0.15, 0.2) is 12.1 Å². The number of likely N-dealkylation sites (tertiary alicyclic amines) is 1. The molecule has 2 atom stereocenters. The number of piperidine rings is 1. The van der Waals surface area contributed by atoms with Gasteiger partial charge in [-0.25, -0.2) is 14.0 Å². The van der Waals surface area contributed by atoms with Gasteiger partial charge in [0.15, 0.2) is 0 Å². The van der Waals surface area contributed by atoms with E-state index in [1.54, 1.807) is 24.9 Å². The Labute approximate surface area is 191 Å². The summed E-state index contributed by atoms with van der Waals surface area (Å²) < 4.78 is 14.3. The number of aryl methyl sites for hydroxylation is 1. The number of hydrogen-bond donors (Lipinski definition) is 3. The number of nitrogens with zero attached hydrogens (tertiary/aromatic N) is 2. The van der Waals surface area contributed by atoms with Gasteiger partial charge in [0.05, 0.1) is 6.04 Å². The highest BCUT2D eigenvalue weighted by molar-refractivity contribution is 6.31. The number of amides is 5. The van der Waals surface area contributed by atoms with Gasteiger partial charge in [0.2, 0.25) is 5.91 Å². The van der Waals surface area contributed by atoms with Gasteiger partial charge in [-0.05, 0) is 43.9 Å². The molecule has 174 valence electrons. The van der Waals surface area contributed by atoms with E-state index in [2.05, 4.69) is 16.0 Å². The molecule has 8 nitrogen and oxygen atoms in total. The Morgan fingerprint density at radius 1 is 1.34 bits per heavy atom. The van der Waals surface area contributed by atoms with E-state index in [0.29, 0.717) is 43.1 Å². The van der Waals surface area contributed by atoms with Crippen LogP contribution in [-0.2, 0) is 11.3 Å². The van der Waals surface area contributed by atoms with E-state index in [0.717, 1.165) is 18.4 Å². The van der Waals surface area contributed by atoms with Crippen LogP contribution >= 0.6 is 11.6 Å². The summed E-state index contributed by atoms with van der Waals surface area (Å²) in [6.45, 7) is 3.05. The third kappa shape index (κ3) is 4.62. The quantitative estimate of drug-likeness (QED) is 0.637. The Hall–Kier alpha value is -2.55. The zero-order valence-electron chi connectivity index (χ0n) is 18.3. The first-order chi connectivity index (χ1) is 15.2. The summed E-state index contributed by atoms with van der Waals surface area (Å²) >= 11 is 5.96. The summed E-state index contributed by atoms with van der Waals surface area (Å²) in [6, 6.07) is 2.34. The van der Waals surface area contributed by atoms with Crippen molar-refractivity contribution in [2.75, 3.05) is 26.7 Å². The number of benzene rings is 1. The maximum atomic E-state index is 14.3. The maximum Gasteiger partial charge on any atom is 0.317 e. The standard InChI is InChI=1S/C22H29ClFN5O3/c1-13-5-14(18(24)6-17(13)23)9-26-21(32)28-10-16(29(15-3-4-15)20(31)25-2)7-22(12-28)8-19(30)27-11-22/h5-6,15-16H,3-4,7-12H2,1-2H3,(H,25,31)(H,26,32)(H,27,30)/t16-,22?/m1/s1. The highest BCUT2D eigenvalue weighted by atomic mass is 35.5. The minimum Gasteiger partial charge on any atom is -0.355 e. The van der Waals surface area contributed by atoms with Crippen LogP contribution < -0.4 is 16.0 Å². The summed E-state index contributed by atoms with van der Waals surface area (Å²) in [5.41, 5.74) is 0.669. The number of halogens is 2. The van der Waals surface area contributed by atoms with Crippen molar-refractivity contribution in [3.63, 3.8) is 0 Å². The molecule has 3 aliphatic rings. The third-order valence-electron chi connectivity index (χ3n) is 6.65. The first-order valence-corrected chi connectivity index (χ1v) is 11.3. The first kappa shape index (κ1) is 22.6. The van der Waals surface area contributed by atoms with Crippen molar-refractivity contribution >= 4 is 29.6 Å². The van der Waals surface area contributed by atoms with Crippen LogP contribution in [0.2, 0.25) is 5.02 Å². The van der Waals surface area contributed by atoms with Gasteiger partial charge in [0.1, 0.15) is 5.82 Å². The number of carbonyl (C=O) groups excluding carboxylic acids is 3. The number of nitrogens with one attached hydrogen (secondary N) is 3. The predicted molar refractivity (Wildman–Crippen MR) is 118 cm³/mol. The largest absolute Gasteiger partial charge is 0.355 e. The molecule has 2 saturated heterocycles. The van der Waals surface area contributed by atoms with Gasteiger partial charge < -0.3 is 25.8 Å². The normalized spacial score (nSPS) is 24.9. The fraction of sp³-hybridized carbons (Fsp3) is 0.591. The summed E-state index contributed by atoms with van der Waals surface area (Å²) in [5, 5.41) is 8.74. The molecule has 10 heteroatoms. The van der Waals surface area contributed by atoms with Crippen LogP contribution in [0.25, 0.3) is 0 Å². The molecule has 1 aromatic rings. The second kappa shape index (κ2) is 8.77. The van der Waals surface area contributed by atoms with Crippen LogP contribution in [-0.4, -0.2) is 66.5 Å². The van der Waals surface area contributed by atoms with E-state index >= 15 is 0 Å². The SMILES string of the molecule is CNC(=O)N(C1CC1)[C@H]1CN(C(=O)NCc2cc(C)c(Cl)cc2F)CC2(CNC(=O)C2)C1. The Balaban J connectivity index is 1.51. The monoisotopic (exact) mass is 465 g/mol. The molecular weight excluding hydrogens is 437 g/mol. The molecule has 2 aliphatic heterocycles. The number of carbonyl (C=O) groups is 3. The molecule has 3 fully saturated rings. The van der Waals surface area contributed by atoms with Crippen molar-refractivity contribution in [2.24, 2.45) is 5.41 Å². The molecule has 1 aromatic carbocycles. The highest BCUT2D eigenvalue weighted by Gasteiger charge is 2.50. The Kier molecular flexibility index (Phi) is 6.20. The van der Waals surface area contributed by atoms with Gasteiger partial charge in [-0.1, -0.05) is 11.6 Å². The van der Waals surface area contributed by atoms with Gasteiger partial charge in [-0.15, -0.1) is 0 Å². The van der Waals surface area contributed by atoms with Gasteiger partial charge >= 0.3 is 12.1 Å².